The third kappa shape index (κ3) is 4.36. The van der Waals surface area contributed by atoms with E-state index < -0.39 is 11.6 Å². The highest BCUT2D eigenvalue weighted by atomic mass is 32.1. The molecule has 1 aromatic heterocycles. The molecule has 0 saturated carbocycles. The van der Waals surface area contributed by atoms with Crippen molar-refractivity contribution in [3.8, 4) is 0 Å². The first-order valence-electron chi connectivity index (χ1n) is 9.40. The summed E-state index contributed by atoms with van der Waals surface area (Å²) in [4.78, 5) is 20.4. The normalized spacial score (nSPS) is 11.4. The van der Waals surface area contributed by atoms with Crippen molar-refractivity contribution >= 4 is 32.6 Å². The van der Waals surface area contributed by atoms with Gasteiger partial charge in [0.15, 0.2) is 10.9 Å². The van der Waals surface area contributed by atoms with Crippen LogP contribution in [0.1, 0.15) is 29.8 Å². The number of benzene rings is 2. The van der Waals surface area contributed by atoms with Crippen molar-refractivity contribution in [2.24, 2.45) is 0 Å². The summed E-state index contributed by atoms with van der Waals surface area (Å²) in [5, 5.41) is 0.386. The number of anilines is 1. The number of aryl methyl sites for hydroxylation is 1. The summed E-state index contributed by atoms with van der Waals surface area (Å²) in [7, 11) is 0. The number of nitrogens with one attached hydrogen (secondary N) is 1. The minimum Gasteiger partial charge on any atom is -0.334 e. The van der Waals surface area contributed by atoms with Crippen LogP contribution in [0, 0.1) is 18.6 Å². The number of fused-ring (bicyclic) bond motifs is 1. The first-order chi connectivity index (χ1) is 13.4. The second-order valence-electron chi connectivity index (χ2n) is 6.76. The number of hydrogen-bond donors (Lipinski definition) is 1. The average Bonchev–Trinajstić information content (AvgIpc) is 3.09. The van der Waals surface area contributed by atoms with Crippen LogP contribution in [0.2, 0.25) is 0 Å². The molecule has 0 aliphatic carbocycles. The summed E-state index contributed by atoms with van der Waals surface area (Å²) in [5.74, 6) is -1.55. The van der Waals surface area contributed by atoms with Crippen LogP contribution in [0.5, 0.6) is 0 Å². The maximum absolute atomic E-state index is 14.1. The number of carbonyl (C=O) groups is 1. The molecule has 28 heavy (non-hydrogen) atoms. The molecule has 3 rings (SSSR count). The first kappa shape index (κ1) is 20.4. The Labute approximate surface area is 167 Å². The number of quaternary nitrogens is 1. The molecular weight excluding hydrogens is 380 g/mol. The van der Waals surface area contributed by atoms with Crippen LogP contribution in [-0.2, 0) is 0 Å². The first-order valence-corrected chi connectivity index (χ1v) is 10.2. The minimum atomic E-state index is -0.713. The van der Waals surface area contributed by atoms with E-state index in [1.807, 2.05) is 19.1 Å². The van der Waals surface area contributed by atoms with E-state index in [9.17, 15) is 13.6 Å². The van der Waals surface area contributed by atoms with Gasteiger partial charge >= 0.3 is 0 Å². The SMILES string of the molecule is CC[NH+](CC)CCN(C(=O)c1ccc(C)cc1)c1nc2c(F)cc(F)cc2s1. The van der Waals surface area contributed by atoms with Crippen LogP contribution in [0.25, 0.3) is 10.2 Å². The predicted octanol–water partition coefficient (Wildman–Crippen LogP) is 3.45. The topological polar surface area (TPSA) is 37.6 Å². The van der Waals surface area contributed by atoms with Crippen molar-refractivity contribution in [2.75, 3.05) is 31.1 Å². The zero-order valence-corrected chi connectivity index (χ0v) is 17.1. The lowest BCUT2D eigenvalue weighted by Gasteiger charge is -2.23. The third-order valence-electron chi connectivity index (χ3n) is 4.87. The van der Waals surface area contributed by atoms with Gasteiger partial charge in [0.05, 0.1) is 30.9 Å². The van der Waals surface area contributed by atoms with Gasteiger partial charge in [-0.15, -0.1) is 0 Å². The van der Waals surface area contributed by atoms with Gasteiger partial charge in [-0.25, -0.2) is 13.8 Å². The fourth-order valence-electron chi connectivity index (χ4n) is 3.07. The molecule has 0 fully saturated rings. The van der Waals surface area contributed by atoms with Crippen molar-refractivity contribution in [2.45, 2.75) is 20.8 Å². The molecule has 0 saturated heterocycles. The number of aromatic nitrogens is 1. The number of likely N-dealkylation sites (N-methyl/N-ethyl adjacent to an activating group) is 1. The van der Waals surface area contributed by atoms with Gasteiger partial charge in [0, 0.05) is 11.6 Å². The van der Waals surface area contributed by atoms with E-state index in [1.165, 1.54) is 11.0 Å². The Morgan fingerprint density at radius 1 is 1.14 bits per heavy atom. The fraction of sp³-hybridized carbons (Fsp3) is 0.333. The number of halogens is 2. The summed E-state index contributed by atoms with van der Waals surface area (Å²) in [5.41, 5.74) is 1.71. The molecule has 1 heterocycles. The molecule has 4 nitrogen and oxygen atoms in total. The van der Waals surface area contributed by atoms with E-state index in [0.717, 1.165) is 42.6 Å². The zero-order chi connectivity index (χ0) is 20.3. The van der Waals surface area contributed by atoms with Crippen LogP contribution in [0.4, 0.5) is 13.9 Å². The van der Waals surface area contributed by atoms with E-state index in [4.69, 9.17) is 0 Å². The zero-order valence-electron chi connectivity index (χ0n) is 16.3. The average molecular weight is 405 g/mol. The van der Waals surface area contributed by atoms with E-state index in [0.29, 0.717) is 21.9 Å². The predicted molar refractivity (Wildman–Crippen MR) is 109 cm³/mol. The molecule has 0 radical (unpaired) electrons. The second-order valence-corrected chi connectivity index (χ2v) is 7.77. The van der Waals surface area contributed by atoms with Gasteiger partial charge in [-0.1, -0.05) is 29.0 Å². The standard InChI is InChI=1S/C21H23F2N3OS/c1-4-25(5-2)10-11-26(20(27)15-8-6-14(3)7-9-15)21-24-19-17(23)12-16(22)13-18(19)28-21/h6-9,12-13H,4-5,10-11H2,1-3H3/p+1. The van der Waals surface area contributed by atoms with Crippen molar-refractivity contribution in [1.82, 2.24) is 4.98 Å². The lowest BCUT2D eigenvalue weighted by Crippen LogP contribution is -3.12. The Morgan fingerprint density at radius 2 is 1.82 bits per heavy atom. The summed E-state index contributed by atoms with van der Waals surface area (Å²) in [6.45, 7) is 9.25. The van der Waals surface area contributed by atoms with E-state index in [1.54, 1.807) is 17.0 Å². The van der Waals surface area contributed by atoms with Gasteiger partial charge in [0.1, 0.15) is 11.3 Å². The molecule has 0 aliphatic rings. The van der Waals surface area contributed by atoms with Gasteiger partial charge < -0.3 is 4.90 Å². The Hall–Kier alpha value is -2.38. The largest absolute Gasteiger partial charge is 0.334 e. The Balaban J connectivity index is 1.98. The van der Waals surface area contributed by atoms with E-state index >= 15 is 0 Å². The van der Waals surface area contributed by atoms with E-state index in [-0.39, 0.29) is 11.4 Å². The highest BCUT2D eigenvalue weighted by Crippen LogP contribution is 2.31. The maximum Gasteiger partial charge on any atom is 0.260 e. The fourth-order valence-corrected chi connectivity index (χ4v) is 4.10. The third-order valence-corrected chi connectivity index (χ3v) is 5.89. The van der Waals surface area contributed by atoms with Crippen LogP contribution in [-0.4, -0.2) is 37.1 Å². The quantitative estimate of drug-likeness (QED) is 0.655. The maximum atomic E-state index is 14.1. The molecular formula is C21H24F2N3OS+. The number of hydrogen-bond acceptors (Lipinski definition) is 3. The van der Waals surface area contributed by atoms with Gasteiger partial charge in [0.25, 0.3) is 5.91 Å². The van der Waals surface area contributed by atoms with Crippen LogP contribution in [0.15, 0.2) is 36.4 Å². The lowest BCUT2D eigenvalue weighted by atomic mass is 10.1. The summed E-state index contributed by atoms with van der Waals surface area (Å²) < 4.78 is 28.1. The second kappa shape index (κ2) is 8.75. The number of carbonyl (C=O) groups excluding carboxylic acids is 1. The molecule has 0 spiro atoms. The van der Waals surface area contributed by atoms with E-state index in [2.05, 4.69) is 18.8 Å². The lowest BCUT2D eigenvalue weighted by molar-refractivity contribution is -0.894. The molecule has 1 amide bonds. The highest BCUT2D eigenvalue weighted by Gasteiger charge is 2.23. The molecule has 0 unspecified atom stereocenters. The number of amides is 1. The minimum absolute atomic E-state index is 0.0956. The van der Waals surface area contributed by atoms with Gasteiger partial charge in [-0.05, 0) is 39.0 Å². The molecule has 7 heteroatoms. The van der Waals surface area contributed by atoms with Gasteiger partial charge in [-0.3, -0.25) is 9.69 Å². The van der Waals surface area contributed by atoms with Crippen molar-refractivity contribution < 1.29 is 18.5 Å². The van der Waals surface area contributed by atoms with Crippen molar-refractivity contribution in [1.29, 1.82) is 0 Å². The van der Waals surface area contributed by atoms with Crippen LogP contribution < -0.4 is 9.80 Å². The van der Waals surface area contributed by atoms with Crippen LogP contribution in [0.3, 0.4) is 0 Å². The molecule has 0 bridgehead atoms. The van der Waals surface area contributed by atoms with Crippen molar-refractivity contribution in [3.63, 3.8) is 0 Å². The highest BCUT2D eigenvalue weighted by molar-refractivity contribution is 7.22. The number of nitrogens with zero attached hydrogens (tertiary/aromatic N) is 2. The monoisotopic (exact) mass is 404 g/mol. The molecule has 148 valence electrons. The van der Waals surface area contributed by atoms with Crippen molar-refractivity contribution in [3.05, 3.63) is 59.2 Å². The molecule has 2 aromatic carbocycles. The molecule has 0 atom stereocenters. The summed E-state index contributed by atoms with van der Waals surface area (Å²) >= 11 is 1.13. The smallest absolute Gasteiger partial charge is 0.260 e. The Morgan fingerprint density at radius 3 is 2.46 bits per heavy atom. The Bertz CT molecular complexity index is 968. The Kier molecular flexibility index (Phi) is 6.36. The summed E-state index contributed by atoms with van der Waals surface area (Å²) in [6.07, 6.45) is 0. The van der Waals surface area contributed by atoms with Crippen LogP contribution >= 0.6 is 11.3 Å². The van der Waals surface area contributed by atoms with Gasteiger partial charge in [0.2, 0.25) is 0 Å². The number of rotatable bonds is 7. The molecule has 1 N–H and O–H groups in total. The molecule has 3 aromatic rings. The number of thiazole rings is 1. The van der Waals surface area contributed by atoms with Gasteiger partial charge in [-0.2, -0.15) is 0 Å². The summed E-state index contributed by atoms with van der Waals surface area (Å²) in [6, 6.07) is 9.40. The molecule has 0 aliphatic heterocycles.